The molecule has 0 aliphatic heterocycles. The molecule has 200 valence electrons. The van der Waals surface area contributed by atoms with E-state index in [1.165, 1.54) is 44.5 Å². The van der Waals surface area contributed by atoms with Crippen molar-refractivity contribution in [1.82, 2.24) is 0 Å². The molecule has 2 aliphatic carbocycles. The Morgan fingerprint density at radius 2 is 0.975 bits per heavy atom. The molecule has 2 aliphatic rings. The van der Waals surface area contributed by atoms with Gasteiger partial charge in [0.2, 0.25) is 0 Å². The van der Waals surface area contributed by atoms with Crippen LogP contribution in [0.3, 0.4) is 0 Å². The number of allylic oxidation sites excluding steroid dienone is 2. The van der Waals surface area contributed by atoms with Gasteiger partial charge in [-0.1, -0.05) is 0 Å². The minimum absolute atomic E-state index is 0.443. The Bertz CT molecular complexity index is 1560. The van der Waals surface area contributed by atoms with E-state index >= 15 is 0 Å². The van der Waals surface area contributed by atoms with Gasteiger partial charge in [0.15, 0.2) is 0 Å². The van der Waals surface area contributed by atoms with Gasteiger partial charge in [-0.2, -0.15) is 0 Å². The van der Waals surface area contributed by atoms with Crippen LogP contribution in [0.15, 0.2) is 96.1 Å². The number of hydrogen-bond donors (Lipinski definition) is 0. The molecule has 0 amide bonds. The molecule has 0 nitrogen and oxygen atoms in total. The quantitative estimate of drug-likeness (QED) is 0.189. The van der Waals surface area contributed by atoms with Crippen LogP contribution in [-0.4, -0.2) is 5.43 Å². The summed E-state index contributed by atoms with van der Waals surface area (Å²) in [5.41, 5.74) is 17.3. The Kier molecular flexibility index (Phi) is 7.86. The van der Waals surface area contributed by atoms with E-state index in [-0.39, 0.29) is 0 Å². The van der Waals surface area contributed by atoms with Gasteiger partial charge in [-0.25, -0.2) is 0 Å². The van der Waals surface area contributed by atoms with E-state index < -0.39 is 25.8 Å². The fourth-order valence-corrected chi connectivity index (χ4v) is 27.7. The van der Waals surface area contributed by atoms with Crippen LogP contribution in [0.5, 0.6) is 0 Å². The molecule has 4 aromatic rings. The van der Waals surface area contributed by atoms with Crippen LogP contribution >= 0.6 is 0 Å². The Hall–Kier alpha value is -2.54. The van der Waals surface area contributed by atoms with Crippen molar-refractivity contribution in [3.63, 3.8) is 0 Å². The fourth-order valence-electron chi connectivity index (χ4n) is 7.02. The molecule has 0 radical (unpaired) electrons. The number of rotatable bonds is 6. The van der Waals surface area contributed by atoms with Crippen molar-refractivity contribution < 1.29 is 20.4 Å². The molecule has 0 heterocycles. The summed E-state index contributed by atoms with van der Waals surface area (Å²) in [4.78, 5) is 0. The van der Waals surface area contributed by atoms with Crippen LogP contribution in [0.1, 0.15) is 68.3 Å². The molecule has 2 atom stereocenters. The van der Waals surface area contributed by atoms with Crippen LogP contribution < -0.4 is 0 Å². The van der Waals surface area contributed by atoms with Crippen LogP contribution in [-0.2, 0) is 33.2 Å². The Labute approximate surface area is 249 Å². The minimum atomic E-state index is -2.08. The first kappa shape index (κ1) is 27.6. The number of fused-ring (bicyclic) bond motifs is 2. The molecule has 40 heavy (non-hydrogen) atoms. The Morgan fingerprint density at radius 1 is 0.575 bits per heavy atom. The van der Waals surface area contributed by atoms with Crippen molar-refractivity contribution in [1.29, 1.82) is 0 Å². The van der Waals surface area contributed by atoms with E-state index in [4.69, 9.17) is 0 Å². The predicted octanol–water partition coefficient (Wildman–Crippen LogP) is 10.6. The molecule has 0 saturated carbocycles. The Morgan fingerprint density at radius 3 is 1.32 bits per heavy atom. The topological polar surface area (TPSA) is 0 Å². The molecular formula is C38H40SiZr. The van der Waals surface area contributed by atoms with Gasteiger partial charge in [0.1, 0.15) is 0 Å². The predicted molar refractivity (Wildman–Crippen MR) is 173 cm³/mol. The van der Waals surface area contributed by atoms with Crippen LogP contribution in [0.4, 0.5) is 0 Å². The molecule has 0 saturated heterocycles. The zero-order valence-corrected chi connectivity index (χ0v) is 28.3. The molecule has 0 bridgehead atoms. The van der Waals surface area contributed by atoms with Gasteiger partial charge < -0.3 is 0 Å². The first-order valence-corrected chi connectivity index (χ1v) is 23.9. The maximum absolute atomic E-state index is 2.62. The van der Waals surface area contributed by atoms with Crippen molar-refractivity contribution in [2.45, 2.75) is 60.9 Å². The maximum atomic E-state index is 2.62. The second-order valence-corrected chi connectivity index (χ2v) is 29.7. The van der Waals surface area contributed by atoms with Crippen LogP contribution in [0.2, 0.25) is 13.1 Å². The molecule has 0 fully saturated rings. The second-order valence-electron chi connectivity index (χ2n) is 11.8. The van der Waals surface area contributed by atoms with E-state index in [2.05, 4.69) is 138 Å². The van der Waals surface area contributed by atoms with E-state index in [0.717, 1.165) is 12.8 Å². The molecule has 0 spiro atoms. The monoisotopic (exact) mass is 614 g/mol. The first-order valence-electron chi connectivity index (χ1n) is 14.9. The van der Waals surface area contributed by atoms with Gasteiger partial charge in [0.05, 0.1) is 0 Å². The third-order valence-electron chi connectivity index (χ3n) is 9.10. The number of hydrogen-bond acceptors (Lipinski definition) is 0. The third-order valence-corrected chi connectivity index (χ3v) is 29.0. The van der Waals surface area contributed by atoms with Crippen molar-refractivity contribution in [3.8, 4) is 22.3 Å². The molecule has 0 N–H and O–H groups in total. The Balaban J connectivity index is 1.44. The van der Waals surface area contributed by atoms with Gasteiger partial charge >= 0.3 is 251 Å². The summed E-state index contributed by atoms with van der Waals surface area (Å²) in [6, 6.07) is 32.8. The van der Waals surface area contributed by atoms with Gasteiger partial charge in [-0.3, -0.25) is 0 Å². The second kappa shape index (κ2) is 11.4. The van der Waals surface area contributed by atoms with Gasteiger partial charge in [-0.15, -0.1) is 0 Å². The summed E-state index contributed by atoms with van der Waals surface area (Å²) in [5, 5.41) is 0. The average molecular weight is 616 g/mol. The molecule has 4 aromatic carbocycles. The standard InChI is InChI=1S/2C18H17.C2H6Si.Zr/c2*1-3-14-7-9-15(10-8-14)17-6-4-5-16-11-13(2)12-18(16)17;1-3-2;/h2*4-12H,3H2,1-2H3;1-2H3;. The fraction of sp³-hybridized carbons (Fsp3) is 0.263. The molecule has 6 rings (SSSR count). The molecule has 2 unspecified atom stereocenters. The summed E-state index contributed by atoms with van der Waals surface area (Å²) in [6.07, 6.45) is 7.27. The molecule has 2 heteroatoms. The first-order chi connectivity index (χ1) is 19.4. The molecule has 0 aromatic heterocycles. The summed E-state index contributed by atoms with van der Waals surface area (Å²) < 4.78 is 1.31. The summed E-state index contributed by atoms with van der Waals surface area (Å²) in [6.45, 7) is 14.6. The van der Waals surface area contributed by atoms with Crippen molar-refractivity contribution in [3.05, 3.63) is 129 Å². The zero-order valence-electron chi connectivity index (χ0n) is 24.8. The van der Waals surface area contributed by atoms with Crippen molar-refractivity contribution in [2.75, 3.05) is 0 Å². The SMILES string of the molecule is CCc1ccc(-c2cccc3c2C=C(C)[CH]3[Zr]([CH]2C(C)=Cc3c(-c4ccc(CC)cc4)cccc32)=[Si](C)C)cc1. The zero-order chi connectivity index (χ0) is 28.0. The normalized spacial score (nSPS) is 17.2. The van der Waals surface area contributed by atoms with Gasteiger partial charge in [0, 0.05) is 0 Å². The number of benzene rings is 4. The summed E-state index contributed by atoms with van der Waals surface area (Å²) in [5.74, 6) is 0. The average Bonchev–Trinajstić information content (AvgIpc) is 3.49. The van der Waals surface area contributed by atoms with E-state index in [1.807, 2.05) is 0 Å². The van der Waals surface area contributed by atoms with Gasteiger partial charge in [-0.05, 0) is 0 Å². The van der Waals surface area contributed by atoms with E-state index in [0.29, 0.717) is 7.25 Å². The van der Waals surface area contributed by atoms with Crippen molar-refractivity contribution in [2.24, 2.45) is 0 Å². The van der Waals surface area contributed by atoms with Gasteiger partial charge in [0.25, 0.3) is 0 Å². The molecular weight excluding hydrogens is 576 g/mol. The van der Waals surface area contributed by atoms with Crippen LogP contribution in [0.25, 0.3) is 34.4 Å². The van der Waals surface area contributed by atoms with Crippen LogP contribution in [0, 0.1) is 0 Å². The van der Waals surface area contributed by atoms with E-state index in [9.17, 15) is 0 Å². The summed E-state index contributed by atoms with van der Waals surface area (Å²) in [7, 11) is 0. The van der Waals surface area contributed by atoms with E-state index in [1.54, 1.807) is 22.3 Å². The third kappa shape index (κ3) is 4.82. The van der Waals surface area contributed by atoms with Crippen molar-refractivity contribution >= 4 is 17.6 Å². The number of aryl methyl sites for hydroxylation is 2. The summed E-state index contributed by atoms with van der Waals surface area (Å²) >= 11 is -2.08.